The van der Waals surface area contributed by atoms with Crippen molar-refractivity contribution >= 4 is 28.9 Å². The minimum absolute atomic E-state index is 0.153. The van der Waals surface area contributed by atoms with Crippen molar-refractivity contribution in [1.82, 2.24) is 19.7 Å². The third-order valence-electron chi connectivity index (χ3n) is 2.80. The number of nitrogen functional groups attached to an aromatic ring is 1. The second-order valence-corrected chi connectivity index (χ2v) is 5.79. The minimum Gasteiger partial charge on any atom is -0.368 e. The number of aryl methyl sites for hydroxylation is 1. The van der Waals surface area contributed by atoms with Gasteiger partial charge in [0.2, 0.25) is 5.95 Å². The van der Waals surface area contributed by atoms with Crippen LogP contribution in [0.3, 0.4) is 0 Å². The van der Waals surface area contributed by atoms with Crippen LogP contribution >= 0.6 is 22.9 Å². The number of nitrogens with two attached hydrogens (primary N) is 1. The van der Waals surface area contributed by atoms with Gasteiger partial charge in [0.25, 0.3) is 0 Å². The molecule has 3 rings (SSSR count). The largest absolute Gasteiger partial charge is 0.368 e. The van der Waals surface area contributed by atoms with Gasteiger partial charge in [0, 0.05) is 36.2 Å². The highest BCUT2D eigenvalue weighted by Crippen LogP contribution is 2.26. The molecule has 0 bridgehead atoms. The summed E-state index contributed by atoms with van der Waals surface area (Å²) < 4.78 is 1.77. The van der Waals surface area contributed by atoms with Crippen molar-refractivity contribution in [2.45, 2.75) is 6.42 Å². The van der Waals surface area contributed by atoms with Gasteiger partial charge < -0.3 is 5.73 Å². The molecule has 7 heteroatoms. The van der Waals surface area contributed by atoms with Gasteiger partial charge in [0.05, 0.1) is 5.69 Å². The van der Waals surface area contributed by atoms with Crippen LogP contribution in [-0.4, -0.2) is 19.7 Å². The Morgan fingerprint density at radius 3 is 2.95 bits per heavy atom. The standard InChI is InChI=1S/C13H12ClN5S/c1-19-7-8(5-9-3-2-4-20-9)12(18-19)10-6-11(14)17-13(15)16-10/h2-4,6-7H,5H2,1H3,(H2,15,16,17). The zero-order valence-corrected chi connectivity index (χ0v) is 12.3. The molecule has 0 aliphatic carbocycles. The van der Waals surface area contributed by atoms with E-state index in [1.807, 2.05) is 19.3 Å². The first-order valence-corrected chi connectivity index (χ1v) is 7.23. The lowest BCUT2D eigenvalue weighted by molar-refractivity contribution is 0.769. The number of halogens is 1. The number of anilines is 1. The molecule has 0 aromatic carbocycles. The van der Waals surface area contributed by atoms with E-state index >= 15 is 0 Å². The van der Waals surface area contributed by atoms with Crippen molar-refractivity contribution in [1.29, 1.82) is 0 Å². The average Bonchev–Trinajstić information content (AvgIpc) is 2.98. The Kier molecular flexibility index (Phi) is 3.42. The summed E-state index contributed by atoms with van der Waals surface area (Å²) in [6.45, 7) is 0. The lowest BCUT2D eigenvalue weighted by Gasteiger charge is -2.02. The van der Waals surface area contributed by atoms with Gasteiger partial charge in [-0.05, 0) is 11.4 Å². The van der Waals surface area contributed by atoms with Crippen LogP contribution in [0.15, 0.2) is 29.8 Å². The van der Waals surface area contributed by atoms with E-state index in [1.54, 1.807) is 22.1 Å². The third kappa shape index (κ3) is 2.66. The van der Waals surface area contributed by atoms with Crippen LogP contribution in [-0.2, 0) is 13.5 Å². The topological polar surface area (TPSA) is 69.6 Å². The molecule has 20 heavy (non-hydrogen) atoms. The number of nitrogens with zero attached hydrogens (tertiary/aromatic N) is 4. The first-order valence-electron chi connectivity index (χ1n) is 5.97. The highest BCUT2D eigenvalue weighted by molar-refractivity contribution is 7.09. The predicted molar refractivity (Wildman–Crippen MR) is 80.8 cm³/mol. The Hall–Kier alpha value is -1.92. The SMILES string of the molecule is Cn1cc(Cc2cccs2)c(-c2cc(Cl)nc(N)n2)n1. The zero-order chi connectivity index (χ0) is 14.1. The van der Waals surface area contributed by atoms with E-state index in [1.165, 1.54) is 4.88 Å². The van der Waals surface area contributed by atoms with Gasteiger partial charge in [-0.1, -0.05) is 17.7 Å². The maximum atomic E-state index is 5.94. The van der Waals surface area contributed by atoms with Gasteiger partial charge in [-0.15, -0.1) is 11.3 Å². The summed E-state index contributed by atoms with van der Waals surface area (Å²) in [6.07, 6.45) is 2.80. The van der Waals surface area contributed by atoms with E-state index < -0.39 is 0 Å². The Balaban J connectivity index is 2.04. The number of hydrogen-bond acceptors (Lipinski definition) is 5. The van der Waals surface area contributed by atoms with Crippen LogP contribution in [0.25, 0.3) is 11.4 Å². The highest BCUT2D eigenvalue weighted by atomic mass is 35.5. The van der Waals surface area contributed by atoms with Crippen LogP contribution in [0.1, 0.15) is 10.4 Å². The van der Waals surface area contributed by atoms with E-state index in [9.17, 15) is 0 Å². The summed E-state index contributed by atoms with van der Waals surface area (Å²) in [6, 6.07) is 5.82. The fourth-order valence-corrected chi connectivity index (χ4v) is 2.96. The van der Waals surface area contributed by atoms with E-state index in [0.717, 1.165) is 17.7 Å². The number of thiophene rings is 1. The third-order valence-corrected chi connectivity index (χ3v) is 3.87. The summed E-state index contributed by atoms with van der Waals surface area (Å²) in [4.78, 5) is 9.36. The molecule has 0 aliphatic heterocycles. The number of aromatic nitrogens is 4. The Bertz CT molecular complexity index is 715. The zero-order valence-electron chi connectivity index (χ0n) is 10.7. The number of rotatable bonds is 3. The molecule has 0 aliphatic rings. The van der Waals surface area contributed by atoms with Crippen molar-refractivity contribution in [2.24, 2.45) is 7.05 Å². The van der Waals surface area contributed by atoms with Gasteiger partial charge in [-0.3, -0.25) is 4.68 Å². The Morgan fingerprint density at radius 2 is 2.25 bits per heavy atom. The lowest BCUT2D eigenvalue weighted by Crippen LogP contribution is -1.98. The van der Waals surface area contributed by atoms with Crippen LogP contribution in [0.5, 0.6) is 0 Å². The normalized spacial score (nSPS) is 10.9. The molecule has 0 fully saturated rings. The van der Waals surface area contributed by atoms with Crippen molar-refractivity contribution in [3.63, 3.8) is 0 Å². The van der Waals surface area contributed by atoms with Crippen molar-refractivity contribution in [3.05, 3.63) is 45.4 Å². The fraction of sp³-hybridized carbons (Fsp3) is 0.154. The van der Waals surface area contributed by atoms with Gasteiger partial charge in [-0.2, -0.15) is 5.10 Å². The van der Waals surface area contributed by atoms with Gasteiger partial charge >= 0.3 is 0 Å². The average molecular weight is 306 g/mol. The summed E-state index contributed by atoms with van der Waals surface area (Å²) >= 11 is 7.65. The second kappa shape index (κ2) is 5.22. The first kappa shape index (κ1) is 13.1. The maximum Gasteiger partial charge on any atom is 0.222 e. The molecule has 3 aromatic rings. The molecule has 0 atom stereocenters. The van der Waals surface area contributed by atoms with Crippen LogP contribution < -0.4 is 5.73 Å². The smallest absolute Gasteiger partial charge is 0.222 e. The highest BCUT2D eigenvalue weighted by Gasteiger charge is 2.14. The second-order valence-electron chi connectivity index (χ2n) is 4.37. The van der Waals surface area contributed by atoms with E-state index in [2.05, 4.69) is 26.5 Å². The summed E-state index contributed by atoms with van der Waals surface area (Å²) in [5.41, 5.74) is 8.17. The van der Waals surface area contributed by atoms with Crippen molar-refractivity contribution in [3.8, 4) is 11.4 Å². The molecule has 0 saturated carbocycles. The molecular formula is C13H12ClN5S. The molecule has 3 aromatic heterocycles. The van der Waals surface area contributed by atoms with Gasteiger partial charge in [0.1, 0.15) is 10.8 Å². The molecular weight excluding hydrogens is 294 g/mol. The molecule has 0 amide bonds. The summed E-state index contributed by atoms with van der Waals surface area (Å²) in [5.74, 6) is 0.153. The molecule has 2 N–H and O–H groups in total. The molecule has 5 nitrogen and oxygen atoms in total. The molecule has 0 radical (unpaired) electrons. The Labute approximate surface area is 125 Å². The van der Waals surface area contributed by atoms with Crippen molar-refractivity contribution < 1.29 is 0 Å². The maximum absolute atomic E-state index is 5.94. The minimum atomic E-state index is 0.153. The molecule has 0 unspecified atom stereocenters. The van der Waals surface area contributed by atoms with Gasteiger partial charge in [0.15, 0.2) is 0 Å². The summed E-state index contributed by atoms with van der Waals surface area (Å²) in [5, 5.41) is 6.84. The summed E-state index contributed by atoms with van der Waals surface area (Å²) in [7, 11) is 1.88. The molecule has 0 saturated heterocycles. The van der Waals surface area contributed by atoms with Gasteiger partial charge in [-0.25, -0.2) is 9.97 Å². The lowest BCUT2D eigenvalue weighted by atomic mass is 10.1. The van der Waals surface area contributed by atoms with Crippen LogP contribution in [0.4, 0.5) is 5.95 Å². The van der Waals surface area contributed by atoms with Crippen LogP contribution in [0, 0.1) is 0 Å². The fourth-order valence-electron chi connectivity index (χ4n) is 2.04. The van der Waals surface area contributed by atoms with E-state index in [0.29, 0.717) is 10.8 Å². The molecule has 102 valence electrons. The molecule has 0 spiro atoms. The molecule has 3 heterocycles. The van der Waals surface area contributed by atoms with Crippen molar-refractivity contribution in [2.75, 3.05) is 5.73 Å². The monoisotopic (exact) mass is 305 g/mol. The van der Waals surface area contributed by atoms with E-state index in [-0.39, 0.29) is 5.95 Å². The van der Waals surface area contributed by atoms with E-state index in [4.69, 9.17) is 17.3 Å². The first-order chi connectivity index (χ1) is 9.61. The van der Waals surface area contributed by atoms with Crippen LogP contribution in [0.2, 0.25) is 5.15 Å². The quantitative estimate of drug-likeness (QED) is 0.755. The Morgan fingerprint density at radius 1 is 1.40 bits per heavy atom. The predicted octanol–water partition coefficient (Wildman–Crippen LogP) is 2.76. The number of hydrogen-bond donors (Lipinski definition) is 1.